The lowest BCUT2D eigenvalue weighted by Gasteiger charge is -2.11. The zero-order valence-corrected chi connectivity index (χ0v) is 20.1. The molecule has 3 aromatic carbocycles. The predicted molar refractivity (Wildman–Crippen MR) is 131 cm³/mol. The number of ether oxygens (including phenoxy) is 1. The van der Waals surface area contributed by atoms with Crippen LogP contribution in [0.25, 0.3) is 0 Å². The number of hydrogen-bond donors (Lipinski definition) is 1. The number of aromatic nitrogens is 2. The number of nitrogens with zero attached hydrogens (tertiary/aromatic N) is 2. The van der Waals surface area contributed by atoms with Gasteiger partial charge in [0.2, 0.25) is 0 Å². The van der Waals surface area contributed by atoms with Crippen molar-refractivity contribution in [3.63, 3.8) is 0 Å². The van der Waals surface area contributed by atoms with Gasteiger partial charge in [0, 0.05) is 26.8 Å². The molecule has 1 N–H and O–H groups in total. The van der Waals surface area contributed by atoms with Crippen LogP contribution in [-0.2, 0) is 6.73 Å². The summed E-state index contributed by atoms with van der Waals surface area (Å²) in [4.78, 5) is 25.7. The molecule has 0 fully saturated rings. The summed E-state index contributed by atoms with van der Waals surface area (Å²) in [5, 5.41) is 7.82. The van der Waals surface area contributed by atoms with Crippen molar-refractivity contribution in [1.29, 1.82) is 0 Å². The molecule has 1 aromatic heterocycles. The summed E-state index contributed by atoms with van der Waals surface area (Å²) in [5.41, 5.74) is 1.28. The monoisotopic (exact) mass is 543 g/mol. The highest BCUT2D eigenvalue weighted by Gasteiger charge is 2.18. The van der Waals surface area contributed by atoms with Crippen LogP contribution in [0.2, 0.25) is 10.0 Å². The van der Waals surface area contributed by atoms with Gasteiger partial charge in [0.15, 0.2) is 18.2 Å². The zero-order chi connectivity index (χ0) is 23.4. The van der Waals surface area contributed by atoms with Gasteiger partial charge in [0.25, 0.3) is 5.91 Å². The van der Waals surface area contributed by atoms with E-state index in [4.69, 9.17) is 27.9 Å². The van der Waals surface area contributed by atoms with Gasteiger partial charge in [-0.15, -0.1) is 0 Å². The molecule has 4 rings (SSSR count). The minimum Gasteiger partial charge on any atom is -0.470 e. The number of nitrogens with one attached hydrogen (secondary N) is 1. The molecule has 6 nitrogen and oxygen atoms in total. The molecule has 0 aliphatic heterocycles. The fraction of sp³-hybridized carbons (Fsp3) is 0.0417. The summed E-state index contributed by atoms with van der Waals surface area (Å²) < 4.78 is 7.96. The highest BCUT2D eigenvalue weighted by Crippen LogP contribution is 2.28. The molecule has 9 heteroatoms. The van der Waals surface area contributed by atoms with Crippen LogP contribution in [0, 0.1) is 0 Å². The maximum atomic E-state index is 12.9. The van der Waals surface area contributed by atoms with E-state index >= 15 is 0 Å². The summed E-state index contributed by atoms with van der Waals surface area (Å²) >= 11 is 15.6. The van der Waals surface area contributed by atoms with Crippen molar-refractivity contribution in [2.24, 2.45) is 0 Å². The normalized spacial score (nSPS) is 10.6. The van der Waals surface area contributed by atoms with E-state index < -0.39 is 5.91 Å². The van der Waals surface area contributed by atoms with E-state index in [1.165, 1.54) is 10.7 Å². The number of halogens is 3. The minimum atomic E-state index is -0.472. The topological polar surface area (TPSA) is 73.2 Å². The summed E-state index contributed by atoms with van der Waals surface area (Å²) in [6.07, 6.45) is 1.61. The van der Waals surface area contributed by atoms with E-state index in [1.807, 2.05) is 12.1 Å². The second kappa shape index (κ2) is 10.2. The predicted octanol–water partition coefficient (Wildman–Crippen LogP) is 6.47. The molecule has 0 unspecified atom stereocenters. The fourth-order valence-electron chi connectivity index (χ4n) is 3.03. The highest BCUT2D eigenvalue weighted by atomic mass is 79.9. The van der Waals surface area contributed by atoms with Gasteiger partial charge in [0.05, 0.1) is 10.7 Å². The van der Waals surface area contributed by atoms with Gasteiger partial charge in [0.1, 0.15) is 5.75 Å². The van der Waals surface area contributed by atoms with Crippen molar-refractivity contribution in [3.05, 3.63) is 110 Å². The number of benzene rings is 3. The third-order valence-electron chi connectivity index (χ3n) is 4.63. The lowest BCUT2D eigenvalue weighted by Crippen LogP contribution is -2.16. The number of carbonyl (C=O) groups excluding carboxylic acids is 2. The van der Waals surface area contributed by atoms with Gasteiger partial charge in [-0.05, 0) is 42.5 Å². The van der Waals surface area contributed by atoms with E-state index in [2.05, 4.69) is 26.3 Å². The smallest absolute Gasteiger partial charge is 0.276 e. The highest BCUT2D eigenvalue weighted by molar-refractivity contribution is 9.10. The molecule has 0 atom stereocenters. The first-order valence-electron chi connectivity index (χ1n) is 9.72. The van der Waals surface area contributed by atoms with Gasteiger partial charge in [-0.1, -0.05) is 69.5 Å². The molecule has 0 saturated carbocycles. The van der Waals surface area contributed by atoms with Crippen molar-refractivity contribution in [3.8, 4) is 5.75 Å². The standard InChI is InChI=1S/C24H16BrCl2N3O3/c25-16-6-9-22(19(27)12-16)33-14-30-11-10-21(29-30)24(32)28-20-8-7-17(26)13-18(20)23(31)15-4-2-1-3-5-15/h1-13H,14H2,(H,28,32). The minimum absolute atomic E-state index is 0.0628. The zero-order valence-electron chi connectivity index (χ0n) is 17.0. The summed E-state index contributed by atoms with van der Waals surface area (Å²) in [5.74, 6) is -0.231. The number of carbonyl (C=O) groups is 2. The average molecular weight is 545 g/mol. The number of rotatable bonds is 7. The van der Waals surface area contributed by atoms with Crippen molar-refractivity contribution in [1.82, 2.24) is 9.78 Å². The third-order valence-corrected chi connectivity index (χ3v) is 5.65. The third kappa shape index (κ3) is 5.63. The molecule has 166 valence electrons. The van der Waals surface area contributed by atoms with Gasteiger partial charge in [-0.3, -0.25) is 9.59 Å². The molecule has 0 aliphatic carbocycles. The number of ketones is 1. The van der Waals surface area contributed by atoms with Crippen LogP contribution < -0.4 is 10.1 Å². The first-order valence-corrected chi connectivity index (χ1v) is 11.3. The Morgan fingerprint density at radius 3 is 2.55 bits per heavy atom. The lowest BCUT2D eigenvalue weighted by molar-refractivity contribution is 0.102. The van der Waals surface area contributed by atoms with Crippen molar-refractivity contribution >= 4 is 56.5 Å². The molecule has 1 amide bonds. The molecule has 33 heavy (non-hydrogen) atoms. The van der Waals surface area contributed by atoms with Crippen LogP contribution in [0.1, 0.15) is 26.4 Å². The van der Waals surface area contributed by atoms with Gasteiger partial charge in [-0.25, -0.2) is 4.68 Å². The largest absolute Gasteiger partial charge is 0.470 e. The maximum Gasteiger partial charge on any atom is 0.276 e. The molecular weight excluding hydrogens is 529 g/mol. The average Bonchev–Trinajstić information content (AvgIpc) is 3.29. The van der Waals surface area contributed by atoms with Crippen LogP contribution >= 0.6 is 39.1 Å². The van der Waals surface area contributed by atoms with Crippen molar-refractivity contribution in [2.45, 2.75) is 6.73 Å². The SMILES string of the molecule is O=C(Nc1ccc(Cl)cc1C(=O)c1ccccc1)c1ccn(COc2ccc(Br)cc2Cl)n1. The van der Waals surface area contributed by atoms with Gasteiger partial charge < -0.3 is 10.1 Å². The van der Waals surface area contributed by atoms with Crippen LogP contribution in [0.15, 0.2) is 83.5 Å². The Balaban J connectivity index is 1.48. The van der Waals surface area contributed by atoms with E-state index in [-0.39, 0.29) is 23.8 Å². The molecule has 0 radical (unpaired) electrons. The Labute approximate surface area is 208 Å². The first-order chi connectivity index (χ1) is 15.9. The van der Waals surface area contributed by atoms with Crippen molar-refractivity contribution in [2.75, 3.05) is 5.32 Å². The molecule has 0 saturated heterocycles. The first kappa shape index (κ1) is 23.0. The summed E-state index contributed by atoms with van der Waals surface area (Å²) in [7, 11) is 0. The maximum absolute atomic E-state index is 12.9. The molecule has 0 aliphatic rings. The molecule has 4 aromatic rings. The molecular formula is C24H16BrCl2N3O3. The number of anilines is 1. The fourth-order valence-corrected chi connectivity index (χ4v) is 3.93. The molecule has 0 spiro atoms. The van der Waals surface area contributed by atoms with Crippen molar-refractivity contribution < 1.29 is 14.3 Å². The summed E-state index contributed by atoms with van der Waals surface area (Å²) in [6.45, 7) is 0.0628. The Kier molecular flexibility index (Phi) is 7.13. The second-order valence-electron chi connectivity index (χ2n) is 6.93. The van der Waals surface area contributed by atoms with Gasteiger partial charge >= 0.3 is 0 Å². The second-order valence-corrected chi connectivity index (χ2v) is 8.69. The van der Waals surface area contributed by atoms with E-state index in [0.717, 1.165) is 4.47 Å². The Bertz CT molecular complexity index is 1330. The Morgan fingerprint density at radius 2 is 1.79 bits per heavy atom. The Morgan fingerprint density at radius 1 is 1.00 bits per heavy atom. The molecule has 1 heterocycles. The quantitative estimate of drug-likeness (QED) is 0.270. The molecule has 0 bridgehead atoms. The van der Waals surface area contributed by atoms with Crippen LogP contribution in [-0.4, -0.2) is 21.5 Å². The lowest BCUT2D eigenvalue weighted by atomic mass is 10.0. The van der Waals surface area contributed by atoms with Crippen LogP contribution in [0.3, 0.4) is 0 Å². The summed E-state index contributed by atoms with van der Waals surface area (Å²) in [6, 6.07) is 20.3. The number of amides is 1. The van der Waals surface area contributed by atoms with E-state index in [9.17, 15) is 9.59 Å². The Hall–Kier alpha value is -3.13. The van der Waals surface area contributed by atoms with Crippen LogP contribution in [0.4, 0.5) is 5.69 Å². The van der Waals surface area contributed by atoms with E-state index in [0.29, 0.717) is 27.0 Å². The van der Waals surface area contributed by atoms with Crippen LogP contribution in [0.5, 0.6) is 5.75 Å². The number of hydrogen-bond acceptors (Lipinski definition) is 4. The van der Waals surface area contributed by atoms with Gasteiger partial charge in [-0.2, -0.15) is 5.10 Å². The van der Waals surface area contributed by atoms with E-state index in [1.54, 1.807) is 60.8 Å².